The van der Waals surface area contributed by atoms with Gasteiger partial charge in [0.2, 0.25) is 0 Å². The number of ether oxygens (including phenoxy) is 1. The lowest BCUT2D eigenvalue weighted by molar-refractivity contribution is 0.112. The number of halogens is 1. The Balaban J connectivity index is 1.80. The van der Waals surface area contributed by atoms with E-state index in [9.17, 15) is 4.79 Å². The number of fused-ring (bicyclic) bond motifs is 1. The molecule has 0 radical (unpaired) electrons. The smallest absolute Gasteiger partial charge is 0.152 e. The van der Waals surface area contributed by atoms with E-state index < -0.39 is 0 Å². The minimum absolute atomic E-state index is 0.527. The second-order valence-corrected chi connectivity index (χ2v) is 5.52. The van der Waals surface area contributed by atoms with E-state index in [1.165, 1.54) is 0 Å². The average Bonchev–Trinajstić information content (AvgIpc) is 2.81. The second kappa shape index (κ2) is 6.24. The highest BCUT2D eigenvalue weighted by molar-refractivity contribution is 6.30. The number of hydrogen-bond acceptors (Lipinski definition) is 2. The molecule has 0 atom stereocenters. The zero-order valence-electron chi connectivity index (χ0n) is 12.3. The van der Waals surface area contributed by atoms with Gasteiger partial charge in [-0.05, 0) is 37.3 Å². The van der Waals surface area contributed by atoms with Crippen LogP contribution in [0.15, 0.2) is 48.5 Å². The van der Waals surface area contributed by atoms with Crippen molar-refractivity contribution in [1.29, 1.82) is 0 Å². The van der Waals surface area contributed by atoms with Gasteiger partial charge in [-0.25, -0.2) is 0 Å². The van der Waals surface area contributed by atoms with Crippen molar-refractivity contribution < 1.29 is 9.53 Å². The molecule has 2 aromatic carbocycles. The fourth-order valence-electron chi connectivity index (χ4n) is 2.68. The van der Waals surface area contributed by atoms with Crippen LogP contribution in [-0.4, -0.2) is 17.5 Å². The van der Waals surface area contributed by atoms with E-state index in [1.807, 2.05) is 43.3 Å². The maximum absolute atomic E-state index is 11.3. The fraction of sp³-hybridized carbons (Fsp3) is 0.167. The van der Waals surface area contributed by atoms with Crippen LogP contribution in [0.4, 0.5) is 0 Å². The first-order chi connectivity index (χ1) is 10.7. The van der Waals surface area contributed by atoms with Gasteiger partial charge < -0.3 is 9.30 Å². The van der Waals surface area contributed by atoms with Crippen LogP contribution in [-0.2, 0) is 6.54 Å². The van der Waals surface area contributed by atoms with Crippen LogP contribution in [0.5, 0.6) is 5.75 Å². The molecule has 0 fully saturated rings. The number of rotatable bonds is 5. The van der Waals surface area contributed by atoms with E-state index in [4.69, 9.17) is 16.3 Å². The zero-order chi connectivity index (χ0) is 15.5. The minimum atomic E-state index is 0.527. The molecule has 0 aliphatic heterocycles. The lowest BCUT2D eigenvalue weighted by Gasteiger charge is -2.10. The molecule has 0 spiro atoms. The van der Waals surface area contributed by atoms with Crippen LogP contribution >= 0.6 is 11.6 Å². The molecule has 3 rings (SSSR count). The summed E-state index contributed by atoms with van der Waals surface area (Å²) in [5.74, 6) is 0.786. The Labute approximate surface area is 134 Å². The summed E-state index contributed by atoms with van der Waals surface area (Å²) in [5.41, 5.74) is 2.78. The number of aldehydes is 1. The monoisotopic (exact) mass is 313 g/mol. The number of carbonyl (C=O) groups is 1. The number of para-hydroxylation sites is 1. The van der Waals surface area contributed by atoms with Gasteiger partial charge in [-0.3, -0.25) is 4.79 Å². The van der Waals surface area contributed by atoms with Crippen molar-refractivity contribution in [3.05, 3.63) is 64.8 Å². The first-order valence-corrected chi connectivity index (χ1v) is 7.50. The molecule has 112 valence electrons. The summed E-state index contributed by atoms with van der Waals surface area (Å²) >= 11 is 5.85. The van der Waals surface area contributed by atoms with Crippen LogP contribution in [0.3, 0.4) is 0 Å². The average molecular weight is 314 g/mol. The van der Waals surface area contributed by atoms with Crippen molar-refractivity contribution in [2.24, 2.45) is 0 Å². The van der Waals surface area contributed by atoms with Gasteiger partial charge in [0.15, 0.2) is 6.29 Å². The first kappa shape index (κ1) is 14.7. The van der Waals surface area contributed by atoms with Gasteiger partial charge in [0, 0.05) is 27.2 Å². The summed E-state index contributed by atoms with van der Waals surface area (Å²) in [4.78, 5) is 11.3. The molecule has 3 aromatic rings. The highest BCUT2D eigenvalue weighted by Gasteiger charge is 2.12. The molecule has 0 unspecified atom stereocenters. The van der Waals surface area contributed by atoms with Crippen molar-refractivity contribution in [2.45, 2.75) is 13.5 Å². The van der Waals surface area contributed by atoms with Gasteiger partial charge in [-0.2, -0.15) is 0 Å². The molecule has 0 amide bonds. The summed E-state index contributed by atoms with van der Waals surface area (Å²) < 4.78 is 7.86. The zero-order valence-corrected chi connectivity index (χ0v) is 13.0. The lowest BCUT2D eigenvalue weighted by Crippen LogP contribution is -2.09. The summed E-state index contributed by atoms with van der Waals surface area (Å²) in [5, 5.41) is 1.68. The maximum Gasteiger partial charge on any atom is 0.152 e. The molecule has 3 nitrogen and oxygen atoms in total. The molecule has 0 bridgehead atoms. The number of carbonyl (C=O) groups excluding carboxylic acids is 1. The molecule has 0 N–H and O–H groups in total. The van der Waals surface area contributed by atoms with Gasteiger partial charge in [-0.15, -0.1) is 0 Å². The normalized spacial score (nSPS) is 10.8. The molecule has 0 saturated carbocycles. The Morgan fingerprint density at radius 3 is 2.59 bits per heavy atom. The van der Waals surface area contributed by atoms with Gasteiger partial charge >= 0.3 is 0 Å². The van der Waals surface area contributed by atoms with Crippen molar-refractivity contribution in [3.63, 3.8) is 0 Å². The van der Waals surface area contributed by atoms with Crippen molar-refractivity contribution in [2.75, 3.05) is 6.61 Å². The molecule has 22 heavy (non-hydrogen) atoms. The number of aromatic nitrogens is 1. The van der Waals surface area contributed by atoms with E-state index in [1.54, 1.807) is 12.1 Å². The summed E-state index contributed by atoms with van der Waals surface area (Å²) in [6, 6.07) is 15.2. The van der Waals surface area contributed by atoms with Crippen molar-refractivity contribution in [1.82, 2.24) is 4.57 Å². The van der Waals surface area contributed by atoms with Crippen LogP contribution in [0.25, 0.3) is 10.9 Å². The Bertz CT molecular complexity index is 806. The van der Waals surface area contributed by atoms with Gasteiger partial charge in [0.05, 0.1) is 6.54 Å². The van der Waals surface area contributed by atoms with Gasteiger partial charge in [0.1, 0.15) is 12.4 Å². The highest BCUT2D eigenvalue weighted by atomic mass is 35.5. The molecular formula is C18H16ClNO2. The van der Waals surface area contributed by atoms with Crippen LogP contribution in [0.2, 0.25) is 5.02 Å². The van der Waals surface area contributed by atoms with Gasteiger partial charge in [0.25, 0.3) is 0 Å². The number of benzene rings is 2. The number of hydrogen-bond donors (Lipinski definition) is 0. The van der Waals surface area contributed by atoms with Crippen LogP contribution < -0.4 is 4.74 Å². The topological polar surface area (TPSA) is 31.2 Å². The van der Waals surface area contributed by atoms with Crippen LogP contribution in [0, 0.1) is 6.92 Å². The lowest BCUT2D eigenvalue weighted by atomic mass is 10.1. The predicted molar refractivity (Wildman–Crippen MR) is 89.0 cm³/mol. The largest absolute Gasteiger partial charge is 0.492 e. The Morgan fingerprint density at radius 2 is 1.86 bits per heavy atom. The third-order valence-corrected chi connectivity index (χ3v) is 4.05. The predicted octanol–water partition coefficient (Wildman–Crippen LogP) is 4.49. The Kier molecular flexibility index (Phi) is 4.16. The van der Waals surface area contributed by atoms with Crippen molar-refractivity contribution in [3.8, 4) is 5.75 Å². The Hall–Kier alpha value is -2.26. The van der Waals surface area contributed by atoms with E-state index >= 15 is 0 Å². The van der Waals surface area contributed by atoms with E-state index in [2.05, 4.69) is 4.57 Å². The Morgan fingerprint density at radius 1 is 1.14 bits per heavy atom. The molecule has 1 heterocycles. The maximum atomic E-state index is 11.3. The molecule has 0 saturated heterocycles. The summed E-state index contributed by atoms with van der Waals surface area (Å²) in [6.07, 6.45) is 0.925. The molecular weight excluding hydrogens is 298 g/mol. The third kappa shape index (κ3) is 2.72. The summed E-state index contributed by atoms with van der Waals surface area (Å²) in [7, 11) is 0. The second-order valence-electron chi connectivity index (χ2n) is 5.09. The van der Waals surface area contributed by atoms with Crippen molar-refractivity contribution >= 4 is 28.8 Å². The fourth-order valence-corrected chi connectivity index (χ4v) is 2.81. The molecule has 0 aliphatic carbocycles. The number of nitrogens with zero attached hydrogens (tertiary/aromatic N) is 1. The summed E-state index contributed by atoms with van der Waals surface area (Å²) in [6.45, 7) is 3.17. The molecule has 0 aliphatic rings. The SMILES string of the molecule is Cc1c(C=O)c2ccccc2n1CCOc1ccc(Cl)cc1. The van der Waals surface area contributed by atoms with E-state index in [0.29, 0.717) is 18.2 Å². The standard InChI is InChI=1S/C18H16ClNO2/c1-13-17(12-21)16-4-2-3-5-18(16)20(13)10-11-22-15-8-6-14(19)7-9-15/h2-9,12H,10-11H2,1H3. The first-order valence-electron chi connectivity index (χ1n) is 7.12. The quantitative estimate of drug-likeness (QED) is 0.650. The molecule has 1 aromatic heterocycles. The third-order valence-electron chi connectivity index (χ3n) is 3.79. The molecule has 4 heteroatoms. The van der Waals surface area contributed by atoms with E-state index in [0.717, 1.165) is 34.2 Å². The highest BCUT2D eigenvalue weighted by Crippen LogP contribution is 2.24. The van der Waals surface area contributed by atoms with Crippen LogP contribution in [0.1, 0.15) is 16.1 Å². The van der Waals surface area contributed by atoms with Gasteiger partial charge in [-0.1, -0.05) is 29.8 Å². The minimum Gasteiger partial charge on any atom is -0.492 e. The van der Waals surface area contributed by atoms with E-state index in [-0.39, 0.29) is 0 Å².